The molecule has 1 fully saturated rings. The second-order valence-electron chi connectivity index (χ2n) is 5.90. The van der Waals surface area contributed by atoms with Crippen LogP contribution in [0, 0.1) is 28.8 Å². The largest absolute Gasteiger partial charge is 0.461 e. The maximum absolute atomic E-state index is 13.7. The highest BCUT2D eigenvalue weighted by atomic mass is 19.1. The van der Waals surface area contributed by atoms with Crippen LogP contribution in [0.4, 0.5) is 10.1 Å². The van der Waals surface area contributed by atoms with E-state index >= 15 is 0 Å². The van der Waals surface area contributed by atoms with Crippen LogP contribution in [0.3, 0.4) is 0 Å². The first-order chi connectivity index (χ1) is 11.5. The minimum atomic E-state index is -0.463. The van der Waals surface area contributed by atoms with E-state index in [0.29, 0.717) is 23.1 Å². The fourth-order valence-electron chi connectivity index (χ4n) is 2.86. The van der Waals surface area contributed by atoms with Crippen molar-refractivity contribution in [2.45, 2.75) is 25.9 Å². The molecule has 2 aromatic rings. The number of nitrogens with zero attached hydrogens (tertiary/aromatic N) is 1. The van der Waals surface area contributed by atoms with Crippen LogP contribution >= 0.6 is 0 Å². The maximum Gasteiger partial charge on any atom is 0.309 e. The van der Waals surface area contributed by atoms with E-state index in [2.05, 4.69) is 0 Å². The van der Waals surface area contributed by atoms with Crippen LogP contribution < -0.4 is 0 Å². The number of nitro benzene ring substituents is 1. The SMILES string of the molecule is Cc1c(COC(=O)[C@H]2C[C@H]2c2ccccc2F)cccc1[N+](=O)[O-]. The summed E-state index contributed by atoms with van der Waals surface area (Å²) in [6.45, 7) is 1.60. The van der Waals surface area contributed by atoms with Gasteiger partial charge >= 0.3 is 5.97 Å². The van der Waals surface area contributed by atoms with Crippen molar-refractivity contribution >= 4 is 11.7 Å². The molecule has 0 N–H and O–H groups in total. The lowest BCUT2D eigenvalue weighted by Crippen LogP contribution is -2.09. The Bertz CT molecular complexity index is 805. The van der Waals surface area contributed by atoms with Crippen LogP contribution in [0.15, 0.2) is 42.5 Å². The molecule has 0 radical (unpaired) electrons. The lowest BCUT2D eigenvalue weighted by atomic mass is 10.1. The number of rotatable bonds is 5. The van der Waals surface area contributed by atoms with E-state index in [4.69, 9.17) is 4.74 Å². The molecule has 1 saturated carbocycles. The van der Waals surface area contributed by atoms with E-state index < -0.39 is 10.9 Å². The van der Waals surface area contributed by atoms with Gasteiger partial charge in [-0.2, -0.15) is 0 Å². The fraction of sp³-hybridized carbons (Fsp3) is 0.278. The Morgan fingerprint density at radius 2 is 2.04 bits per heavy atom. The van der Waals surface area contributed by atoms with Crippen molar-refractivity contribution in [3.8, 4) is 0 Å². The number of benzene rings is 2. The summed E-state index contributed by atoms with van der Waals surface area (Å²) in [4.78, 5) is 22.6. The third-order valence-electron chi connectivity index (χ3n) is 4.38. The molecule has 0 heterocycles. The average Bonchev–Trinajstić information content (AvgIpc) is 3.34. The zero-order valence-corrected chi connectivity index (χ0v) is 13.1. The Morgan fingerprint density at radius 3 is 2.75 bits per heavy atom. The highest BCUT2D eigenvalue weighted by Gasteiger charge is 2.46. The summed E-state index contributed by atoms with van der Waals surface area (Å²) in [5.41, 5.74) is 1.61. The van der Waals surface area contributed by atoms with Gasteiger partial charge in [0.25, 0.3) is 5.69 Å². The standard InChI is InChI=1S/C18H16FNO4/c1-11-12(5-4-8-17(11)20(22)23)10-24-18(21)15-9-14(15)13-6-2-3-7-16(13)19/h2-8,14-15H,9-10H2,1H3/t14-,15-/m0/s1. The van der Waals surface area contributed by atoms with Crippen molar-refractivity contribution in [2.75, 3.05) is 0 Å². The van der Waals surface area contributed by atoms with E-state index in [1.165, 1.54) is 12.1 Å². The molecule has 0 spiro atoms. The predicted octanol–water partition coefficient (Wildman–Crippen LogP) is 3.89. The number of esters is 1. The molecule has 1 aliphatic rings. The van der Waals surface area contributed by atoms with Crippen molar-refractivity contribution in [1.29, 1.82) is 0 Å². The lowest BCUT2D eigenvalue weighted by molar-refractivity contribution is -0.385. The first-order valence-corrected chi connectivity index (χ1v) is 7.63. The molecule has 2 atom stereocenters. The summed E-state index contributed by atoms with van der Waals surface area (Å²) < 4.78 is 19.0. The minimum absolute atomic E-state index is 0.000737. The molecule has 0 aromatic heterocycles. The van der Waals surface area contributed by atoms with Crippen LogP contribution in [0.2, 0.25) is 0 Å². The Morgan fingerprint density at radius 1 is 1.29 bits per heavy atom. The molecule has 124 valence electrons. The number of nitro groups is 1. The molecule has 1 aliphatic carbocycles. The fourth-order valence-corrected chi connectivity index (χ4v) is 2.86. The molecule has 0 unspecified atom stereocenters. The normalized spacial score (nSPS) is 18.9. The second-order valence-corrected chi connectivity index (χ2v) is 5.90. The predicted molar refractivity (Wildman–Crippen MR) is 84.9 cm³/mol. The maximum atomic E-state index is 13.7. The molecule has 0 saturated heterocycles. The summed E-state index contributed by atoms with van der Waals surface area (Å²) in [5.74, 6) is -1.20. The lowest BCUT2D eigenvalue weighted by Gasteiger charge is -2.08. The third-order valence-corrected chi connectivity index (χ3v) is 4.38. The molecule has 3 rings (SSSR count). The summed E-state index contributed by atoms with van der Waals surface area (Å²) in [6, 6.07) is 11.1. The molecule has 5 nitrogen and oxygen atoms in total. The van der Waals surface area contributed by atoms with Crippen molar-refractivity contribution < 1.29 is 18.8 Å². The van der Waals surface area contributed by atoms with Gasteiger partial charge in [-0.1, -0.05) is 30.3 Å². The summed E-state index contributed by atoms with van der Waals surface area (Å²) >= 11 is 0. The van der Waals surface area contributed by atoms with Gasteiger partial charge in [-0.05, 0) is 30.5 Å². The Kier molecular flexibility index (Phi) is 4.29. The van der Waals surface area contributed by atoms with Gasteiger partial charge in [0.05, 0.1) is 10.8 Å². The number of halogens is 1. The summed E-state index contributed by atoms with van der Waals surface area (Å²) in [7, 11) is 0. The molecule has 0 aliphatic heterocycles. The van der Waals surface area contributed by atoms with Gasteiger partial charge in [0, 0.05) is 17.5 Å². The Labute approximate surface area is 138 Å². The molecule has 24 heavy (non-hydrogen) atoms. The van der Waals surface area contributed by atoms with Crippen LogP contribution in [0.1, 0.15) is 29.0 Å². The molecule has 0 bridgehead atoms. The van der Waals surface area contributed by atoms with Crippen LogP contribution in [-0.4, -0.2) is 10.9 Å². The van der Waals surface area contributed by atoms with E-state index in [1.807, 2.05) is 0 Å². The van der Waals surface area contributed by atoms with Crippen molar-refractivity contribution in [2.24, 2.45) is 5.92 Å². The summed E-state index contributed by atoms with van der Waals surface area (Å²) in [6.07, 6.45) is 0.563. The summed E-state index contributed by atoms with van der Waals surface area (Å²) in [5, 5.41) is 10.9. The number of hydrogen-bond acceptors (Lipinski definition) is 4. The van der Waals surface area contributed by atoms with Gasteiger partial charge in [0.1, 0.15) is 12.4 Å². The number of hydrogen-bond donors (Lipinski definition) is 0. The number of ether oxygens (including phenoxy) is 1. The Hall–Kier alpha value is -2.76. The van der Waals surface area contributed by atoms with Gasteiger partial charge < -0.3 is 4.74 Å². The first kappa shape index (κ1) is 16.1. The van der Waals surface area contributed by atoms with E-state index in [0.717, 1.165) is 0 Å². The zero-order valence-electron chi connectivity index (χ0n) is 13.1. The molecular weight excluding hydrogens is 313 g/mol. The van der Waals surface area contributed by atoms with Crippen LogP contribution in [0.5, 0.6) is 0 Å². The Balaban J connectivity index is 1.63. The van der Waals surface area contributed by atoms with Crippen molar-refractivity contribution in [1.82, 2.24) is 0 Å². The molecule has 6 heteroatoms. The van der Waals surface area contributed by atoms with Gasteiger partial charge in [0.15, 0.2) is 0 Å². The van der Waals surface area contributed by atoms with E-state index in [9.17, 15) is 19.3 Å². The molecule has 2 aromatic carbocycles. The topological polar surface area (TPSA) is 69.4 Å². The zero-order chi connectivity index (χ0) is 17.3. The van der Waals surface area contributed by atoms with Gasteiger partial charge in [-0.25, -0.2) is 4.39 Å². The van der Waals surface area contributed by atoms with Crippen molar-refractivity contribution in [3.63, 3.8) is 0 Å². The first-order valence-electron chi connectivity index (χ1n) is 7.63. The van der Waals surface area contributed by atoms with E-state index in [1.54, 1.807) is 37.3 Å². The number of carbonyl (C=O) groups is 1. The molecule has 0 amide bonds. The second kappa shape index (κ2) is 6.39. The monoisotopic (exact) mass is 329 g/mol. The average molecular weight is 329 g/mol. The van der Waals surface area contributed by atoms with E-state index in [-0.39, 0.29) is 29.9 Å². The highest BCUT2D eigenvalue weighted by molar-refractivity contribution is 5.77. The van der Waals surface area contributed by atoms with Crippen LogP contribution in [-0.2, 0) is 16.1 Å². The highest BCUT2D eigenvalue weighted by Crippen LogP contribution is 2.49. The molecular formula is C18H16FNO4. The number of carbonyl (C=O) groups excluding carboxylic acids is 1. The van der Waals surface area contributed by atoms with Gasteiger partial charge in [-0.3, -0.25) is 14.9 Å². The smallest absolute Gasteiger partial charge is 0.309 e. The minimum Gasteiger partial charge on any atom is -0.461 e. The van der Waals surface area contributed by atoms with Crippen molar-refractivity contribution in [3.05, 3.63) is 75.1 Å². The quantitative estimate of drug-likeness (QED) is 0.474. The van der Waals surface area contributed by atoms with Gasteiger partial charge in [0.2, 0.25) is 0 Å². The third kappa shape index (κ3) is 3.13. The van der Waals surface area contributed by atoms with Crippen LogP contribution in [0.25, 0.3) is 0 Å². The van der Waals surface area contributed by atoms with Gasteiger partial charge in [-0.15, -0.1) is 0 Å².